The van der Waals surface area contributed by atoms with Crippen LogP contribution in [0.15, 0.2) is 54.9 Å². The summed E-state index contributed by atoms with van der Waals surface area (Å²) in [5, 5.41) is 19.3. The Labute approximate surface area is 396 Å². The lowest BCUT2D eigenvalue weighted by atomic mass is 9.84. The second-order valence-electron chi connectivity index (χ2n) is 19.2. The second kappa shape index (κ2) is 20.5. The molecular formula is C50H64N8O10. The van der Waals surface area contributed by atoms with Crippen LogP contribution in [-0.2, 0) is 69.0 Å². The molecule has 3 aliphatic rings. The average Bonchev–Trinajstić information content (AvgIpc) is 4.06. The molecule has 364 valence electrons. The predicted molar refractivity (Wildman–Crippen MR) is 252 cm³/mol. The molecule has 5 atom stereocenters. The number of hydrazine groups is 1. The van der Waals surface area contributed by atoms with E-state index in [2.05, 4.69) is 58.5 Å². The summed E-state index contributed by atoms with van der Waals surface area (Å²) in [6, 6.07) is 8.46. The highest BCUT2D eigenvalue weighted by Gasteiger charge is 2.50. The van der Waals surface area contributed by atoms with Gasteiger partial charge in [0.1, 0.15) is 36.0 Å². The monoisotopic (exact) mass is 936 g/mol. The Morgan fingerprint density at radius 1 is 1.04 bits per heavy atom. The number of amides is 4. The van der Waals surface area contributed by atoms with E-state index in [1.807, 2.05) is 24.4 Å². The third-order valence-electron chi connectivity index (χ3n) is 13.1. The summed E-state index contributed by atoms with van der Waals surface area (Å²) in [4.78, 5) is 88.7. The van der Waals surface area contributed by atoms with E-state index in [-0.39, 0.29) is 31.9 Å². The molecule has 5 heterocycles. The number of esters is 2. The molecule has 68 heavy (non-hydrogen) atoms. The Morgan fingerprint density at radius 3 is 2.51 bits per heavy atom. The number of carbonyl (C=O) groups excluding carboxylic acids is 6. The molecule has 0 saturated carbocycles. The van der Waals surface area contributed by atoms with Crippen LogP contribution in [0.3, 0.4) is 0 Å². The molecule has 7 rings (SSSR count). The van der Waals surface area contributed by atoms with Crippen LogP contribution in [0.25, 0.3) is 33.3 Å². The summed E-state index contributed by atoms with van der Waals surface area (Å²) in [6.07, 6.45) is 4.97. The number of fused-ring (bicyclic) bond motifs is 6. The normalized spacial score (nSPS) is 20.8. The first-order valence-electron chi connectivity index (χ1n) is 23.2. The van der Waals surface area contributed by atoms with E-state index in [4.69, 9.17) is 14.2 Å². The van der Waals surface area contributed by atoms with Crippen molar-refractivity contribution >= 4 is 46.5 Å². The van der Waals surface area contributed by atoms with Crippen molar-refractivity contribution in [2.45, 2.75) is 104 Å². The van der Waals surface area contributed by atoms with Crippen molar-refractivity contribution < 1.29 is 48.1 Å². The van der Waals surface area contributed by atoms with Crippen LogP contribution in [-0.4, -0.2) is 143 Å². The first-order chi connectivity index (χ1) is 32.4. The molecule has 4 amide bonds. The Morgan fingerprint density at radius 2 is 1.81 bits per heavy atom. The maximum absolute atomic E-state index is 14.7. The van der Waals surface area contributed by atoms with E-state index < -0.39 is 77.1 Å². The summed E-state index contributed by atoms with van der Waals surface area (Å²) in [6.45, 7) is 10.7. The standard InChI is InChI=1S/C50H64N8O10/c1-10-57-39-14-13-30-22-34(39)35(44(57)36-24-51-16-15-31(36)26-66-8)23-50(4,5)27-68-48(64)37-12-11-17-58(54-37)46(62)38(20-29-18-32(30)21-33(59)19-29)52-45(61)43(28(2)3)56(7)40(60)25-55(6)47(63)41-42(53-41)49(65)67-9/h13-16,18-19,21-22,24,28,37-38,41-43,53-54,59H,10-12,17,20,23,25-27H2,1-9H3,(H,52,61)/t37-,38-,41-,42-,43-/m0/s1. The van der Waals surface area contributed by atoms with Crippen LogP contribution in [0.5, 0.6) is 5.75 Å². The van der Waals surface area contributed by atoms with Gasteiger partial charge in [0.05, 0.1) is 32.6 Å². The molecule has 18 nitrogen and oxygen atoms in total. The first kappa shape index (κ1) is 49.5. The molecule has 0 unspecified atom stereocenters. The number of pyridine rings is 1. The van der Waals surface area contributed by atoms with Crippen LogP contribution in [0.4, 0.5) is 0 Å². The SMILES string of the molecule is CCn1c(-c2cnccc2COC)c2c3cc(ccc31)-c1cc(O)cc(c1)C[C@H](NC(=O)[C@H](C(C)C)N(C)C(=O)CN(C)C(=O)[C@H]1N[C@@H]1C(=O)OC)C(=O)N1CCC[C@H](N1)C(=O)OCC(C)(C)C2. The third kappa shape index (κ3) is 10.5. The molecule has 4 aromatic rings. The van der Waals surface area contributed by atoms with Gasteiger partial charge >= 0.3 is 11.9 Å². The molecule has 3 aliphatic heterocycles. The number of methoxy groups -OCH3 is 2. The van der Waals surface area contributed by atoms with Gasteiger partial charge in [-0.05, 0) is 90.3 Å². The summed E-state index contributed by atoms with van der Waals surface area (Å²) < 4.78 is 18.7. The lowest BCUT2D eigenvalue weighted by Gasteiger charge is -2.37. The summed E-state index contributed by atoms with van der Waals surface area (Å²) >= 11 is 0. The molecular weight excluding hydrogens is 873 g/mol. The van der Waals surface area contributed by atoms with Crippen molar-refractivity contribution in [1.29, 1.82) is 0 Å². The van der Waals surface area contributed by atoms with E-state index in [0.29, 0.717) is 43.5 Å². The fraction of sp³-hybridized carbons (Fsp3) is 0.500. The van der Waals surface area contributed by atoms with Gasteiger partial charge in [0.15, 0.2) is 0 Å². The van der Waals surface area contributed by atoms with Gasteiger partial charge in [-0.2, -0.15) is 0 Å². The quantitative estimate of drug-likeness (QED) is 0.118. The van der Waals surface area contributed by atoms with Crippen molar-refractivity contribution in [1.82, 2.24) is 40.4 Å². The molecule has 6 bridgehead atoms. The van der Waals surface area contributed by atoms with Gasteiger partial charge in [-0.1, -0.05) is 39.8 Å². The number of aryl methyl sites for hydroxylation is 1. The smallest absolute Gasteiger partial charge is 0.325 e. The lowest BCUT2D eigenvalue weighted by Crippen LogP contribution is -2.62. The van der Waals surface area contributed by atoms with E-state index in [0.717, 1.165) is 38.9 Å². The number of nitrogens with one attached hydrogen (secondary N) is 3. The zero-order chi connectivity index (χ0) is 49.2. The minimum atomic E-state index is -1.22. The predicted octanol–water partition coefficient (Wildman–Crippen LogP) is 3.35. The van der Waals surface area contributed by atoms with Crippen molar-refractivity contribution in [2.75, 3.05) is 48.0 Å². The molecule has 18 heteroatoms. The maximum Gasteiger partial charge on any atom is 0.325 e. The largest absolute Gasteiger partial charge is 0.508 e. The van der Waals surface area contributed by atoms with Gasteiger partial charge in [-0.25, -0.2) is 5.43 Å². The Hall–Kier alpha value is -6.37. The molecule has 0 radical (unpaired) electrons. The first-order valence-corrected chi connectivity index (χ1v) is 23.2. The lowest BCUT2D eigenvalue weighted by molar-refractivity contribution is -0.155. The van der Waals surface area contributed by atoms with Gasteiger partial charge in [-0.3, -0.25) is 44.1 Å². The van der Waals surface area contributed by atoms with Crippen LogP contribution < -0.4 is 16.1 Å². The summed E-state index contributed by atoms with van der Waals surface area (Å²) in [5.74, 6) is -3.74. The van der Waals surface area contributed by atoms with E-state index in [1.54, 1.807) is 39.3 Å². The fourth-order valence-electron chi connectivity index (χ4n) is 9.58. The number of cyclic esters (lactones) is 1. The van der Waals surface area contributed by atoms with Gasteiger partial charge in [0, 0.05) is 75.0 Å². The second-order valence-corrected chi connectivity index (χ2v) is 19.2. The van der Waals surface area contributed by atoms with Crippen LogP contribution in [0, 0.1) is 11.3 Å². The van der Waals surface area contributed by atoms with E-state index in [9.17, 15) is 33.9 Å². The number of nitrogens with zero attached hydrogens (tertiary/aromatic N) is 5. The number of carbonyl (C=O) groups is 6. The molecule has 2 saturated heterocycles. The van der Waals surface area contributed by atoms with Crippen LogP contribution in [0.2, 0.25) is 0 Å². The number of aromatic nitrogens is 2. The minimum Gasteiger partial charge on any atom is -0.508 e. The number of aromatic hydroxyl groups is 1. The van der Waals surface area contributed by atoms with Gasteiger partial charge < -0.3 is 39.0 Å². The van der Waals surface area contributed by atoms with Crippen molar-refractivity contribution in [2.24, 2.45) is 11.3 Å². The molecule has 0 spiro atoms. The molecule has 0 aliphatic carbocycles. The number of ether oxygens (including phenoxy) is 3. The number of phenolic OH excluding ortho intramolecular Hbond substituents is 1. The number of benzene rings is 2. The number of hydrogen-bond donors (Lipinski definition) is 4. The van der Waals surface area contributed by atoms with Gasteiger partial charge in [0.2, 0.25) is 17.7 Å². The van der Waals surface area contributed by atoms with Crippen molar-refractivity contribution in [3.63, 3.8) is 0 Å². The summed E-state index contributed by atoms with van der Waals surface area (Å²) in [7, 11) is 5.78. The molecule has 2 fully saturated rings. The van der Waals surface area contributed by atoms with Crippen molar-refractivity contribution in [3.05, 3.63) is 71.5 Å². The fourth-order valence-corrected chi connectivity index (χ4v) is 9.58. The van der Waals surface area contributed by atoms with Crippen molar-refractivity contribution in [3.8, 4) is 28.1 Å². The van der Waals surface area contributed by atoms with E-state index >= 15 is 0 Å². The highest BCUT2D eigenvalue weighted by atomic mass is 16.5. The van der Waals surface area contributed by atoms with Crippen LogP contribution in [0.1, 0.15) is 64.2 Å². The number of rotatable bonds is 12. The number of hydrogen-bond acceptors (Lipinski definition) is 13. The average molecular weight is 937 g/mol. The third-order valence-corrected chi connectivity index (χ3v) is 13.1. The Bertz CT molecular complexity index is 2590. The molecule has 4 N–H and O–H groups in total. The number of phenols is 1. The Kier molecular flexibility index (Phi) is 14.9. The van der Waals surface area contributed by atoms with Gasteiger partial charge in [0.25, 0.3) is 5.91 Å². The highest BCUT2D eigenvalue weighted by Crippen LogP contribution is 2.41. The minimum absolute atomic E-state index is 0.0421. The zero-order valence-electron chi connectivity index (χ0n) is 40.4. The topological polar surface area (TPSA) is 224 Å². The van der Waals surface area contributed by atoms with E-state index in [1.165, 1.54) is 36.0 Å². The zero-order valence-corrected chi connectivity index (χ0v) is 40.4. The van der Waals surface area contributed by atoms with Crippen LogP contribution >= 0.6 is 0 Å². The van der Waals surface area contributed by atoms with Gasteiger partial charge in [-0.15, -0.1) is 0 Å². The number of likely N-dealkylation sites (N-methyl/N-ethyl adjacent to an activating group) is 2. The Balaban J connectivity index is 1.26. The highest BCUT2D eigenvalue weighted by molar-refractivity contribution is 5.98. The maximum atomic E-state index is 14.7. The summed E-state index contributed by atoms with van der Waals surface area (Å²) in [5.41, 5.74) is 9.49. The molecule has 2 aromatic heterocycles. The molecule has 2 aromatic carbocycles.